The Morgan fingerprint density at radius 1 is 1.53 bits per heavy atom. The third-order valence-electron chi connectivity index (χ3n) is 2.83. The number of aromatic carboxylic acids is 1. The number of hydrogen-bond acceptors (Lipinski definition) is 3. The van der Waals surface area contributed by atoms with Crippen molar-refractivity contribution in [2.75, 3.05) is 11.9 Å². The van der Waals surface area contributed by atoms with Crippen LogP contribution in [0.15, 0.2) is 12.1 Å². The first-order valence-corrected chi connectivity index (χ1v) is 6.17. The van der Waals surface area contributed by atoms with Crippen LogP contribution in [0.3, 0.4) is 0 Å². The molecule has 1 aromatic rings. The Kier molecular flexibility index (Phi) is 3.84. The van der Waals surface area contributed by atoms with E-state index in [1.807, 2.05) is 0 Å². The fourth-order valence-corrected chi connectivity index (χ4v) is 1.93. The third kappa shape index (κ3) is 3.89. The van der Waals surface area contributed by atoms with E-state index < -0.39 is 5.97 Å². The van der Waals surface area contributed by atoms with E-state index in [1.165, 1.54) is 31.4 Å². The van der Waals surface area contributed by atoms with Gasteiger partial charge in [0, 0.05) is 6.54 Å². The highest BCUT2D eigenvalue weighted by Gasteiger charge is 2.19. The van der Waals surface area contributed by atoms with Crippen molar-refractivity contribution in [1.82, 2.24) is 4.98 Å². The highest BCUT2D eigenvalue weighted by Crippen LogP contribution is 2.33. The van der Waals surface area contributed by atoms with Gasteiger partial charge in [0.1, 0.15) is 11.0 Å². The lowest BCUT2D eigenvalue weighted by atomic mass is 10.2. The van der Waals surface area contributed by atoms with Crippen molar-refractivity contribution in [3.05, 3.63) is 22.8 Å². The van der Waals surface area contributed by atoms with Gasteiger partial charge >= 0.3 is 5.97 Å². The molecule has 2 N–H and O–H groups in total. The molecule has 1 fully saturated rings. The molecule has 5 heteroatoms. The summed E-state index contributed by atoms with van der Waals surface area (Å²) in [6.45, 7) is 0.808. The van der Waals surface area contributed by atoms with E-state index in [4.69, 9.17) is 16.7 Å². The topological polar surface area (TPSA) is 62.2 Å². The molecule has 4 nitrogen and oxygen atoms in total. The Hall–Kier alpha value is -1.29. The summed E-state index contributed by atoms with van der Waals surface area (Å²) in [5.74, 6) is 0.458. The predicted octanol–water partition coefficient (Wildman–Crippen LogP) is 3.04. The molecule has 0 unspecified atom stereocenters. The number of carboxylic acid groups (broad SMARTS) is 1. The Labute approximate surface area is 105 Å². The number of hydrogen-bond donors (Lipinski definition) is 2. The van der Waals surface area contributed by atoms with E-state index in [0.29, 0.717) is 5.82 Å². The minimum absolute atomic E-state index is 0.162. The minimum Gasteiger partial charge on any atom is -0.478 e. The largest absolute Gasteiger partial charge is 0.478 e. The Morgan fingerprint density at radius 3 is 2.94 bits per heavy atom. The first-order chi connectivity index (χ1) is 8.15. The van der Waals surface area contributed by atoms with Crippen LogP contribution in [0.4, 0.5) is 5.82 Å². The van der Waals surface area contributed by atoms with Crippen molar-refractivity contribution < 1.29 is 9.90 Å². The molecule has 92 valence electrons. The summed E-state index contributed by atoms with van der Waals surface area (Å²) in [4.78, 5) is 14.9. The summed E-state index contributed by atoms with van der Waals surface area (Å²) in [6.07, 6.45) is 5.04. The van der Waals surface area contributed by atoms with Crippen LogP contribution in [0, 0.1) is 5.92 Å². The van der Waals surface area contributed by atoms with E-state index in [1.54, 1.807) is 0 Å². The standard InChI is InChI=1S/C12H15ClN2O2/c13-10-6-9(12(16)17)7-11(15-10)14-5-1-2-8-3-4-8/h6-8H,1-5H2,(H,14,15)(H,16,17). The molecule has 17 heavy (non-hydrogen) atoms. The van der Waals surface area contributed by atoms with Crippen LogP contribution in [-0.2, 0) is 0 Å². The maximum atomic E-state index is 10.8. The molecule has 0 aromatic carbocycles. The van der Waals surface area contributed by atoms with Crippen LogP contribution in [0.1, 0.15) is 36.0 Å². The number of nitrogens with zero attached hydrogens (tertiary/aromatic N) is 1. The van der Waals surface area contributed by atoms with Gasteiger partial charge in [-0.2, -0.15) is 0 Å². The summed E-state index contributed by atoms with van der Waals surface area (Å²) in [7, 11) is 0. The highest BCUT2D eigenvalue weighted by atomic mass is 35.5. The second-order valence-electron chi connectivity index (χ2n) is 4.38. The van der Waals surface area contributed by atoms with E-state index in [-0.39, 0.29) is 10.7 Å². The van der Waals surface area contributed by atoms with Gasteiger partial charge in [0.2, 0.25) is 0 Å². The minimum atomic E-state index is -0.990. The van der Waals surface area contributed by atoms with Gasteiger partial charge in [-0.3, -0.25) is 0 Å². The van der Waals surface area contributed by atoms with Crippen LogP contribution in [0.5, 0.6) is 0 Å². The lowest BCUT2D eigenvalue weighted by Gasteiger charge is -2.06. The molecule has 0 bridgehead atoms. The molecular formula is C12H15ClN2O2. The number of pyridine rings is 1. The zero-order valence-corrected chi connectivity index (χ0v) is 10.2. The zero-order chi connectivity index (χ0) is 12.3. The van der Waals surface area contributed by atoms with E-state index in [9.17, 15) is 4.79 Å². The van der Waals surface area contributed by atoms with Crippen LogP contribution < -0.4 is 5.32 Å². The van der Waals surface area contributed by atoms with E-state index >= 15 is 0 Å². The summed E-state index contributed by atoms with van der Waals surface area (Å²) in [5.41, 5.74) is 0.162. The van der Waals surface area contributed by atoms with Crippen molar-refractivity contribution in [1.29, 1.82) is 0 Å². The monoisotopic (exact) mass is 254 g/mol. The maximum Gasteiger partial charge on any atom is 0.335 e. The van der Waals surface area contributed by atoms with Crippen molar-refractivity contribution in [2.45, 2.75) is 25.7 Å². The molecule has 1 heterocycles. The average Bonchev–Trinajstić information content (AvgIpc) is 3.07. The Balaban J connectivity index is 1.87. The highest BCUT2D eigenvalue weighted by molar-refractivity contribution is 6.29. The van der Waals surface area contributed by atoms with Crippen molar-refractivity contribution in [3.63, 3.8) is 0 Å². The first-order valence-electron chi connectivity index (χ1n) is 5.80. The second kappa shape index (κ2) is 5.36. The summed E-state index contributed by atoms with van der Waals surface area (Å²) in [6, 6.07) is 2.85. The van der Waals surface area contributed by atoms with Gasteiger partial charge < -0.3 is 10.4 Å². The molecule has 1 saturated carbocycles. The molecule has 0 spiro atoms. The fourth-order valence-electron chi connectivity index (χ4n) is 1.72. The summed E-state index contributed by atoms with van der Waals surface area (Å²) >= 11 is 5.75. The number of aromatic nitrogens is 1. The average molecular weight is 255 g/mol. The molecule has 0 saturated heterocycles. The normalized spacial score (nSPS) is 14.6. The zero-order valence-electron chi connectivity index (χ0n) is 9.45. The Morgan fingerprint density at radius 2 is 2.29 bits per heavy atom. The number of rotatable bonds is 6. The smallest absolute Gasteiger partial charge is 0.335 e. The van der Waals surface area contributed by atoms with Gasteiger partial charge in [-0.15, -0.1) is 0 Å². The van der Waals surface area contributed by atoms with Gasteiger partial charge in [-0.1, -0.05) is 24.4 Å². The van der Waals surface area contributed by atoms with Crippen LogP contribution in [0.25, 0.3) is 0 Å². The van der Waals surface area contributed by atoms with Crippen molar-refractivity contribution in [2.24, 2.45) is 5.92 Å². The molecule has 0 amide bonds. The Bertz CT molecular complexity index is 419. The lowest BCUT2D eigenvalue weighted by molar-refractivity contribution is 0.0697. The maximum absolute atomic E-state index is 10.8. The number of nitrogens with one attached hydrogen (secondary N) is 1. The molecule has 1 aromatic heterocycles. The van der Waals surface area contributed by atoms with E-state index in [0.717, 1.165) is 18.9 Å². The van der Waals surface area contributed by atoms with Crippen molar-refractivity contribution in [3.8, 4) is 0 Å². The van der Waals surface area contributed by atoms with Gasteiger partial charge in [0.25, 0.3) is 0 Å². The van der Waals surface area contributed by atoms with Gasteiger partial charge in [0.05, 0.1) is 5.56 Å². The number of halogens is 1. The predicted molar refractivity (Wildman–Crippen MR) is 66.7 cm³/mol. The van der Waals surface area contributed by atoms with E-state index in [2.05, 4.69) is 10.3 Å². The third-order valence-corrected chi connectivity index (χ3v) is 3.03. The quantitative estimate of drug-likeness (QED) is 0.605. The lowest BCUT2D eigenvalue weighted by Crippen LogP contribution is -2.06. The summed E-state index contributed by atoms with van der Waals surface area (Å²) < 4.78 is 0. The number of carboxylic acids is 1. The van der Waals surface area contributed by atoms with Crippen molar-refractivity contribution >= 4 is 23.4 Å². The van der Waals surface area contributed by atoms with Gasteiger partial charge in [0.15, 0.2) is 0 Å². The molecule has 0 atom stereocenters. The second-order valence-corrected chi connectivity index (χ2v) is 4.77. The molecule has 0 radical (unpaired) electrons. The fraction of sp³-hybridized carbons (Fsp3) is 0.500. The van der Waals surface area contributed by atoms with Crippen LogP contribution in [-0.4, -0.2) is 22.6 Å². The molecule has 1 aliphatic carbocycles. The SMILES string of the molecule is O=C(O)c1cc(Cl)nc(NCCCC2CC2)c1. The molecule has 1 aliphatic rings. The number of carbonyl (C=O) groups is 1. The van der Waals surface area contributed by atoms with Gasteiger partial charge in [-0.25, -0.2) is 9.78 Å². The van der Waals surface area contributed by atoms with Gasteiger partial charge in [-0.05, 0) is 30.9 Å². The number of anilines is 1. The first kappa shape index (κ1) is 12.2. The molecular weight excluding hydrogens is 240 g/mol. The summed E-state index contributed by atoms with van der Waals surface area (Å²) in [5, 5.41) is 12.2. The van der Waals surface area contributed by atoms with Crippen LogP contribution in [0.2, 0.25) is 5.15 Å². The van der Waals surface area contributed by atoms with Crippen LogP contribution >= 0.6 is 11.6 Å². The molecule has 0 aliphatic heterocycles. The molecule has 2 rings (SSSR count).